The Morgan fingerprint density at radius 2 is 1.73 bits per heavy atom. The summed E-state index contributed by atoms with van der Waals surface area (Å²) in [6, 6.07) is 13.0. The summed E-state index contributed by atoms with van der Waals surface area (Å²) in [5.74, 6) is 2.10. The van der Waals surface area contributed by atoms with Crippen molar-refractivity contribution in [1.82, 2.24) is 10.3 Å². The fraction of sp³-hybridized carbons (Fsp3) is 0.238. The van der Waals surface area contributed by atoms with E-state index in [0.717, 1.165) is 5.75 Å². The molecule has 2 N–H and O–H groups in total. The molecule has 1 amide bonds. The molecule has 1 aromatic heterocycles. The molecule has 1 heterocycles. The van der Waals surface area contributed by atoms with E-state index in [1.807, 2.05) is 30.3 Å². The number of rotatable bonds is 10. The number of anilines is 2. The number of amides is 1. The van der Waals surface area contributed by atoms with Gasteiger partial charge in [0.05, 0.1) is 34.1 Å². The first kappa shape index (κ1) is 21.3. The second kappa shape index (κ2) is 10.4. The molecular formula is C21H23N3O5S. The minimum absolute atomic E-state index is 0.206. The van der Waals surface area contributed by atoms with Crippen LogP contribution in [0.3, 0.4) is 0 Å². The molecule has 3 aromatic rings. The van der Waals surface area contributed by atoms with Crippen LogP contribution in [0.15, 0.2) is 48.7 Å². The van der Waals surface area contributed by atoms with E-state index in [9.17, 15) is 4.79 Å². The number of carbonyl (C=O) groups excluding carboxylic acids is 1. The average molecular weight is 429 g/mol. The SMILES string of the molecule is COc1cc(Nc2ncc(C(=O)NCCOc3ccccc3)s2)cc(OC)c1OC. The van der Waals surface area contributed by atoms with E-state index in [0.29, 0.717) is 46.1 Å². The van der Waals surface area contributed by atoms with E-state index in [1.165, 1.54) is 17.5 Å². The van der Waals surface area contributed by atoms with Crippen LogP contribution < -0.4 is 29.6 Å². The quantitative estimate of drug-likeness (QED) is 0.475. The Hall–Kier alpha value is -3.46. The summed E-state index contributed by atoms with van der Waals surface area (Å²) in [6.07, 6.45) is 1.53. The molecule has 9 heteroatoms. The van der Waals surface area contributed by atoms with Crippen molar-refractivity contribution < 1.29 is 23.7 Å². The number of methoxy groups -OCH3 is 3. The van der Waals surface area contributed by atoms with Crippen LogP contribution >= 0.6 is 11.3 Å². The summed E-state index contributed by atoms with van der Waals surface area (Å²) >= 11 is 1.24. The van der Waals surface area contributed by atoms with Gasteiger partial charge in [-0.3, -0.25) is 4.79 Å². The van der Waals surface area contributed by atoms with Gasteiger partial charge in [-0.15, -0.1) is 0 Å². The fourth-order valence-electron chi connectivity index (χ4n) is 2.65. The molecule has 0 aliphatic heterocycles. The summed E-state index contributed by atoms with van der Waals surface area (Å²) in [4.78, 5) is 17.1. The van der Waals surface area contributed by atoms with Crippen molar-refractivity contribution in [2.45, 2.75) is 0 Å². The van der Waals surface area contributed by atoms with E-state index >= 15 is 0 Å². The van der Waals surface area contributed by atoms with Gasteiger partial charge in [0.25, 0.3) is 5.91 Å². The Morgan fingerprint density at radius 1 is 1.03 bits per heavy atom. The monoisotopic (exact) mass is 429 g/mol. The number of nitrogens with one attached hydrogen (secondary N) is 2. The van der Waals surface area contributed by atoms with Crippen LogP contribution in [0.4, 0.5) is 10.8 Å². The summed E-state index contributed by atoms with van der Waals surface area (Å²) in [5, 5.41) is 6.54. The van der Waals surface area contributed by atoms with Crippen molar-refractivity contribution in [3.8, 4) is 23.0 Å². The number of hydrogen-bond donors (Lipinski definition) is 2. The van der Waals surface area contributed by atoms with Gasteiger partial charge in [0.15, 0.2) is 16.6 Å². The molecule has 0 bridgehead atoms. The summed E-state index contributed by atoms with van der Waals surface area (Å²) in [5.41, 5.74) is 0.696. The van der Waals surface area contributed by atoms with Gasteiger partial charge in [0.2, 0.25) is 5.75 Å². The van der Waals surface area contributed by atoms with Crippen molar-refractivity contribution >= 4 is 28.1 Å². The zero-order valence-corrected chi connectivity index (χ0v) is 17.7. The summed E-state index contributed by atoms with van der Waals surface area (Å²) in [7, 11) is 4.65. The normalized spacial score (nSPS) is 10.2. The van der Waals surface area contributed by atoms with E-state index in [-0.39, 0.29) is 5.91 Å². The third kappa shape index (κ3) is 5.32. The van der Waals surface area contributed by atoms with Gasteiger partial charge in [0.1, 0.15) is 17.2 Å². The van der Waals surface area contributed by atoms with Crippen molar-refractivity contribution in [2.24, 2.45) is 0 Å². The van der Waals surface area contributed by atoms with Crippen LogP contribution in [-0.2, 0) is 0 Å². The van der Waals surface area contributed by atoms with Crippen LogP contribution in [0.2, 0.25) is 0 Å². The number of ether oxygens (including phenoxy) is 4. The van der Waals surface area contributed by atoms with Crippen LogP contribution in [-0.4, -0.2) is 45.4 Å². The maximum absolute atomic E-state index is 12.3. The van der Waals surface area contributed by atoms with Crippen LogP contribution in [0.5, 0.6) is 23.0 Å². The maximum Gasteiger partial charge on any atom is 0.263 e. The lowest BCUT2D eigenvalue weighted by Gasteiger charge is -2.14. The first-order chi connectivity index (χ1) is 14.6. The number of carbonyl (C=O) groups is 1. The van der Waals surface area contributed by atoms with Gasteiger partial charge >= 0.3 is 0 Å². The maximum atomic E-state index is 12.3. The Morgan fingerprint density at radius 3 is 2.37 bits per heavy atom. The highest BCUT2D eigenvalue weighted by Crippen LogP contribution is 2.40. The topological polar surface area (TPSA) is 90.9 Å². The Bertz CT molecular complexity index is 953. The predicted octanol–water partition coefficient (Wildman–Crippen LogP) is 3.72. The largest absolute Gasteiger partial charge is 0.493 e. The lowest BCUT2D eigenvalue weighted by Crippen LogP contribution is -2.27. The zero-order chi connectivity index (χ0) is 21.3. The summed E-state index contributed by atoms with van der Waals surface area (Å²) in [6.45, 7) is 0.770. The molecule has 0 saturated carbocycles. The molecule has 0 unspecified atom stereocenters. The molecule has 3 rings (SSSR count). The van der Waals surface area contributed by atoms with E-state index in [4.69, 9.17) is 18.9 Å². The number of benzene rings is 2. The van der Waals surface area contributed by atoms with Crippen molar-refractivity contribution in [2.75, 3.05) is 39.8 Å². The first-order valence-electron chi connectivity index (χ1n) is 9.13. The Labute approximate surface area is 178 Å². The zero-order valence-electron chi connectivity index (χ0n) is 16.9. The van der Waals surface area contributed by atoms with Gasteiger partial charge in [-0.2, -0.15) is 0 Å². The number of nitrogens with zero attached hydrogens (tertiary/aromatic N) is 1. The smallest absolute Gasteiger partial charge is 0.263 e. The molecule has 0 spiro atoms. The second-order valence-electron chi connectivity index (χ2n) is 5.99. The van der Waals surface area contributed by atoms with Crippen molar-refractivity contribution in [1.29, 1.82) is 0 Å². The van der Waals surface area contributed by atoms with Crippen LogP contribution in [0.1, 0.15) is 9.67 Å². The van der Waals surface area contributed by atoms with Crippen molar-refractivity contribution in [3.05, 3.63) is 53.5 Å². The van der Waals surface area contributed by atoms with Gasteiger partial charge < -0.3 is 29.6 Å². The standard InChI is InChI=1S/C21H23N3O5S/c1-26-16-11-14(12-17(27-2)19(16)28-3)24-21-23-13-18(30-21)20(25)22-9-10-29-15-7-5-4-6-8-15/h4-8,11-13H,9-10H2,1-3H3,(H,22,25)(H,23,24). The molecule has 0 fully saturated rings. The van der Waals surface area contributed by atoms with Gasteiger partial charge in [-0.1, -0.05) is 29.5 Å². The number of thiazole rings is 1. The highest BCUT2D eigenvalue weighted by Gasteiger charge is 2.15. The first-order valence-corrected chi connectivity index (χ1v) is 9.95. The van der Waals surface area contributed by atoms with Crippen molar-refractivity contribution in [3.63, 3.8) is 0 Å². The molecule has 0 aliphatic carbocycles. The number of hydrogen-bond acceptors (Lipinski definition) is 8. The molecule has 0 radical (unpaired) electrons. The van der Waals surface area contributed by atoms with Gasteiger partial charge in [0, 0.05) is 17.8 Å². The highest BCUT2D eigenvalue weighted by molar-refractivity contribution is 7.17. The third-order valence-electron chi connectivity index (χ3n) is 4.05. The Balaban J connectivity index is 1.57. The molecular weight excluding hydrogens is 406 g/mol. The molecule has 30 heavy (non-hydrogen) atoms. The predicted molar refractivity (Wildman–Crippen MR) is 116 cm³/mol. The minimum Gasteiger partial charge on any atom is -0.493 e. The third-order valence-corrected chi connectivity index (χ3v) is 4.96. The second-order valence-corrected chi connectivity index (χ2v) is 7.02. The number of aromatic nitrogens is 1. The lowest BCUT2D eigenvalue weighted by atomic mass is 10.2. The number of para-hydroxylation sites is 1. The summed E-state index contributed by atoms with van der Waals surface area (Å²) < 4.78 is 21.6. The molecule has 2 aromatic carbocycles. The van der Waals surface area contributed by atoms with E-state index in [1.54, 1.807) is 33.5 Å². The van der Waals surface area contributed by atoms with Gasteiger partial charge in [-0.05, 0) is 12.1 Å². The molecule has 158 valence electrons. The van der Waals surface area contributed by atoms with Crippen LogP contribution in [0, 0.1) is 0 Å². The minimum atomic E-state index is -0.206. The molecule has 0 aliphatic rings. The molecule has 8 nitrogen and oxygen atoms in total. The lowest BCUT2D eigenvalue weighted by molar-refractivity contribution is 0.0951. The molecule has 0 atom stereocenters. The van der Waals surface area contributed by atoms with E-state index < -0.39 is 0 Å². The van der Waals surface area contributed by atoms with Crippen LogP contribution in [0.25, 0.3) is 0 Å². The Kier molecular flexibility index (Phi) is 7.34. The molecule has 0 saturated heterocycles. The fourth-order valence-corrected chi connectivity index (χ4v) is 3.40. The highest BCUT2D eigenvalue weighted by atomic mass is 32.1. The van der Waals surface area contributed by atoms with E-state index in [2.05, 4.69) is 15.6 Å². The average Bonchev–Trinajstić information content (AvgIpc) is 3.25. The van der Waals surface area contributed by atoms with Gasteiger partial charge in [-0.25, -0.2) is 4.98 Å².